The van der Waals surface area contributed by atoms with E-state index in [0.29, 0.717) is 18.9 Å². The number of anilines is 1. The van der Waals surface area contributed by atoms with Gasteiger partial charge >= 0.3 is 0 Å². The molecule has 3 nitrogen and oxygen atoms in total. The van der Waals surface area contributed by atoms with E-state index in [1.807, 2.05) is 6.92 Å². The third kappa shape index (κ3) is 5.96. The fourth-order valence-electron chi connectivity index (χ4n) is 8.03. The van der Waals surface area contributed by atoms with Gasteiger partial charge in [-0.05, 0) is 122 Å². The molecule has 1 aliphatic carbocycles. The van der Waals surface area contributed by atoms with Gasteiger partial charge in [-0.25, -0.2) is 0 Å². The Bertz CT molecular complexity index is 1750. The number of aryl methyl sites for hydroxylation is 2. The van der Waals surface area contributed by atoms with Crippen LogP contribution in [0.15, 0.2) is 84.9 Å². The number of rotatable bonds is 10. The van der Waals surface area contributed by atoms with Crippen LogP contribution in [0.1, 0.15) is 98.5 Å². The number of aliphatic hydroxyl groups is 1. The van der Waals surface area contributed by atoms with Gasteiger partial charge in [0, 0.05) is 29.8 Å². The van der Waals surface area contributed by atoms with Crippen LogP contribution in [-0.4, -0.2) is 30.5 Å². The van der Waals surface area contributed by atoms with Crippen LogP contribution in [0.4, 0.5) is 5.69 Å². The van der Waals surface area contributed by atoms with Gasteiger partial charge in [0.1, 0.15) is 0 Å². The summed E-state index contributed by atoms with van der Waals surface area (Å²) in [5.74, 6) is 0.350. The first-order chi connectivity index (χ1) is 22.0. The van der Waals surface area contributed by atoms with E-state index in [9.17, 15) is 5.11 Å². The van der Waals surface area contributed by atoms with Crippen molar-refractivity contribution in [2.75, 3.05) is 18.1 Å². The van der Waals surface area contributed by atoms with Crippen molar-refractivity contribution >= 4 is 11.3 Å². The van der Waals surface area contributed by atoms with Crippen molar-refractivity contribution in [1.29, 1.82) is 0 Å². The van der Waals surface area contributed by atoms with Crippen molar-refractivity contribution in [3.05, 3.63) is 129 Å². The van der Waals surface area contributed by atoms with Gasteiger partial charge in [0.15, 0.2) is 0 Å². The summed E-state index contributed by atoms with van der Waals surface area (Å²) < 4.78 is 6.21. The highest BCUT2D eigenvalue weighted by atomic mass is 16.5. The van der Waals surface area contributed by atoms with Crippen LogP contribution < -0.4 is 4.90 Å². The van der Waals surface area contributed by atoms with Crippen molar-refractivity contribution in [1.82, 2.24) is 0 Å². The Balaban J connectivity index is 1.48. The zero-order valence-corrected chi connectivity index (χ0v) is 29.0. The zero-order valence-electron chi connectivity index (χ0n) is 29.0. The van der Waals surface area contributed by atoms with Crippen molar-refractivity contribution in [2.45, 2.75) is 91.9 Å². The Morgan fingerprint density at radius 2 is 1.57 bits per heavy atom. The fourth-order valence-corrected chi connectivity index (χ4v) is 8.03. The van der Waals surface area contributed by atoms with Crippen LogP contribution in [0.2, 0.25) is 0 Å². The Hall–Kier alpha value is -3.66. The summed E-state index contributed by atoms with van der Waals surface area (Å²) >= 11 is 0. The van der Waals surface area contributed by atoms with E-state index in [1.165, 1.54) is 66.9 Å². The third-order valence-electron chi connectivity index (χ3n) is 10.2. The Morgan fingerprint density at radius 1 is 0.848 bits per heavy atom. The van der Waals surface area contributed by atoms with E-state index in [0.717, 1.165) is 13.0 Å². The highest BCUT2D eigenvalue weighted by molar-refractivity contribution is 5.95. The van der Waals surface area contributed by atoms with Gasteiger partial charge in [-0.2, -0.15) is 0 Å². The minimum Gasteiger partial charge on any atom is -0.393 e. The molecule has 1 N–H and O–H groups in total. The lowest BCUT2D eigenvalue weighted by Gasteiger charge is -2.40. The molecule has 3 unspecified atom stereocenters. The minimum absolute atomic E-state index is 0.0416. The highest BCUT2D eigenvalue weighted by Crippen LogP contribution is 2.54. The van der Waals surface area contributed by atoms with Crippen LogP contribution >= 0.6 is 0 Å². The van der Waals surface area contributed by atoms with E-state index in [2.05, 4.69) is 138 Å². The largest absolute Gasteiger partial charge is 0.393 e. The van der Waals surface area contributed by atoms with Crippen LogP contribution in [0.3, 0.4) is 0 Å². The SMILES string of the molecule is CCN1c2cc3c(cc2C(c2ccccc2)=CC1c1cc(C)cc(C)c1C[C@H](C)COC(C)CC(C)O)-c1ccccc1C3(C)C. The topological polar surface area (TPSA) is 32.7 Å². The Kier molecular flexibility index (Phi) is 9.02. The number of ether oxygens (including phenoxy) is 1. The predicted octanol–water partition coefficient (Wildman–Crippen LogP) is 9.98. The van der Waals surface area contributed by atoms with Crippen molar-refractivity contribution in [3.8, 4) is 11.1 Å². The van der Waals surface area contributed by atoms with Gasteiger partial charge in [-0.1, -0.05) is 93.1 Å². The quantitative estimate of drug-likeness (QED) is 0.193. The molecule has 0 aromatic heterocycles. The maximum Gasteiger partial charge on any atom is 0.0738 e. The molecule has 3 heteroatoms. The maximum atomic E-state index is 9.82. The van der Waals surface area contributed by atoms with E-state index in [1.54, 1.807) is 0 Å². The second kappa shape index (κ2) is 12.9. The molecular formula is C43H51NO2. The van der Waals surface area contributed by atoms with E-state index < -0.39 is 0 Å². The monoisotopic (exact) mass is 613 g/mol. The second-order valence-electron chi connectivity index (χ2n) is 14.5. The molecule has 6 rings (SSSR count). The number of hydrogen-bond donors (Lipinski definition) is 1. The predicted molar refractivity (Wildman–Crippen MR) is 194 cm³/mol. The molecule has 1 aliphatic heterocycles. The number of nitrogens with zero attached hydrogens (tertiary/aromatic N) is 1. The standard InChI is InChI=1S/C43H51NO2/c1-9-44-41(37-20-27(2)19-29(4)34(37)21-28(3)26-46-31(6)22-30(5)45)24-35(32-15-11-10-12-16-32)38-23-36-33-17-13-14-18-39(33)43(7,8)40(36)25-42(38)44/h10-20,23-25,28,30-31,41,45H,9,21-22,26H2,1-8H3/t28-,30?,31?,41?/m0/s1. The third-order valence-corrected chi connectivity index (χ3v) is 10.2. The summed E-state index contributed by atoms with van der Waals surface area (Å²) in [5.41, 5.74) is 16.2. The molecule has 4 aromatic rings. The van der Waals surface area contributed by atoms with Gasteiger partial charge in [-0.15, -0.1) is 0 Å². The molecule has 0 amide bonds. The van der Waals surface area contributed by atoms with Crippen molar-refractivity contribution < 1.29 is 9.84 Å². The van der Waals surface area contributed by atoms with Gasteiger partial charge in [0.2, 0.25) is 0 Å². The van der Waals surface area contributed by atoms with Gasteiger partial charge in [-0.3, -0.25) is 0 Å². The van der Waals surface area contributed by atoms with Gasteiger partial charge in [0.25, 0.3) is 0 Å². The average molecular weight is 614 g/mol. The maximum absolute atomic E-state index is 9.82. The molecule has 46 heavy (non-hydrogen) atoms. The summed E-state index contributed by atoms with van der Waals surface area (Å²) in [7, 11) is 0. The normalized spacial score (nSPS) is 18.3. The number of fused-ring (bicyclic) bond motifs is 4. The second-order valence-corrected chi connectivity index (χ2v) is 14.5. The molecule has 4 aromatic carbocycles. The van der Waals surface area contributed by atoms with E-state index in [4.69, 9.17) is 4.74 Å². The molecule has 240 valence electrons. The molecule has 0 radical (unpaired) electrons. The molecule has 0 fully saturated rings. The number of likely N-dealkylation sites (N-methyl/N-ethyl adjacent to an activating group) is 1. The molecule has 0 bridgehead atoms. The van der Waals surface area contributed by atoms with Crippen molar-refractivity contribution in [3.63, 3.8) is 0 Å². The number of hydrogen-bond acceptors (Lipinski definition) is 3. The minimum atomic E-state index is -0.350. The van der Waals surface area contributed by atoms with E-state index >= 15 is 0 Å². The van der Waals surface area contributed by atoms with Crippen LogP contribution in [0, 0.1) is 19.8 Å². The lowest BCUT2D eigenvalue weighted by molar-refractivity contribution is 0.0136. The Labute approximate surface area is 277 Å². The van der Waals surface area contributed by atoms with Gasteiger partial charge in [0.05, 0.1) is 18.2 Å². The smallest absolute Gasteiger partial charge is 0.0738 e. The van der Waals surface area contributed by atoms with E-state index in [-0.39, 0.29) is 23.7 Å². The molecular weight excluding hydrogens is 562 g/mol. The van der Waals surface area contributed by atoms with Crippen molar-refractivity contribution in [2.24, 2.45) is 5.92 Å². The first kappa shape index (κ1) is 32.3. The van der Waals surface area contributed by atoms with Gasteiger partial charge < -0.3 is 14.7 Å². The summed E-state index contributed by atoms with van der Waals surface area (Å²) in [5, 5.41) is 9.82. The number of benzene rings is 4. The molecule has 2 aliphatic rings. The molecule has 1 heterocycles. The molecule has 0 spiro atoms. The zero-order chi connectivity index (χ0) is 32.7. The summed E-state index contributed by atoms with van der Waals surface area (Å²) in [6.07, 6.45) is 3.83. The fraction of sp³-hybridized carbons (Fsp3) is 0.395. The highest BCUT2D eigenvalue weighted by Gasteiger charge is 2.38. The lowest BCUT2D eigenvalue weighted by atomic mass is 9.79. The lowest BCUT2D eigenvalue weighted by Crippen LogP contribution is -2.32. The van der Waals surface area contributed by atoms with Crippen LogP contribution in [-0.2, 0) is 16.6 Å². The average Bonchev–Trinajstić information content (AvgIpc) is 3.25. The number of aliphatic hydroxyl groups excluding tert-OH is 1. The molecule has 0 saturated carbocycles. The molecule has 0 saturated heterocycles. The first-order valence-corrected chi connectivity index (χ1v) is 17.2. The Morgan fingerprint density at radius 3 is 2.28 bits per heavy atom. The first-order valence-electron chi connectivity index (χ1n) is 17.2. The summed E-state index contributed by atoms with van der Waals surface area (Å²) in [4.78, 5) is 2.63. The van der Waals surface area contributed by atoms with Crippen LogP contribution in [0.5, 0.6) is 0 Å². The summed E-state index contributed by atoms with van der Waals surface area (Å²) in [6.45, 7) is 19.3. The summed E-state index contributed by atoms with van der Waals surface area (Å²) in [6, 6.07) is 29.8. The molecule has 4 atom stereocenters. The van der Waals surface area contributed by atoms with Crippen LogP contribution in [0.25, 0.3) is 16.7 Å².